The summed E-state index contributed by atoms with van der Waals surface area (Å²) in [7, 11) is 0. The maximum Gasteiger partial charge on any atom is 0.259 e. The third kappa shape index (κ3) is 2.97. The minimum Gasteiger partial charge on any atom is -0.305 e. The van der Waals surface area contributed by atoms with Crippen molar-refractivity contribution >= 4 is 33.7 Å². The van der Waals surface area contributed by atoms with Gasteiger partial charge in [0.05, 0.1) is 39.4 Å². The Labute approximate surface area is 185 Å². The predicted molar refractivity (Wildman–Crippen MR) is 123 cm³/mol. The van der Waals surface area contributed by atoms with Crippen molar-refractivity contribution in [3.8, 4) is 33.8 Å². The Bertz CT molecular complexity index is 1650. The van der Waals surface area contributed by atoms with Crippen molar-refractivity contribution in [3.63, 3.8) is 0 Å². The summed E-state index contributed by atoms with van der Waals surface area (Å²) in [4.78, 5) is 25.3. The fourth-order valence-electron chi connectivity index (χ4n) is 3.77. The Morgan fingerprint density at radius 2 is 1.69 bits per heavy atom. The number of pyridine rings is 1. The number of aromatic nitrogens is 7. The molecule has 32 heavy (non-hydrogen) atoms. The fourth-order valence-corrected chi connectivity index (χ4v) is 4.04. The van der Waals surface area contributed by atoms with Gasteiger partial charge in [-0.25, -0.2) is 9.97 Å². The normalized spacial score (nSPS) is 11.4. The van der Waals surface area contributed by atoms with Gasteiger partial charge < -0.3 is 4.98 Å². The molecule has 0 aliphatic rings. The molecular formula is C23H14ClN7O. The number of H-pyrrole nitrogens is 3. The lowest BCUT2D eigenvalue weighted by atomic mass is 10.0. The zero-order chi connectivity index (χ0) is 21.7. The number of fused-ring (bicyclic) bond motifs is 2. The van der Waals surface area contributed by atoms with E-state index in [1.807, 2.05) is 42.5 Å². The zero-order valence-corrected chi connectivity index (χ0v) is 17.2. The largest absolute Gasteiger partial charge is 0.305 e. The van der Waals surface area contributed by atoms with Crippen LogP contribution < -0.4 is 5.56 Å². The lowest BCUT2D eigenvalue weighted by molar-refractivity contribution is 1.09. The molecule has 6 aromatic rings. The summed E-state index contributed by atoms with van der Waals surface area (Å²) < 4.78 is 0. The van der Waals surface area contributed by atoms with E-state index >= 15 is 0 Å². The van der Waals surface area contributed by atoms with Crippen LogP contribution in [-0.2, 0) is 0 Å². The van der Waals surface area contributed by atoms with Crippen molar-refractivity contribution in [1.29, 1.82) is 0 Å². The Morgan fingerprint density at radius 1 is 0.844 bits per heavy atom. The number of nitrogens with zero attached hydrogens (tertiary/aromatic N) is 4. The average molecular weight is 440 g/mol. The summed E-state index contributed by atoms with van der Waals surface area (Å²) in [6.07, 6.45) is 3.31. The highest BCUT2D eigenvalue weighted by Crippen LogP contribution is 2.34. The van der Waals surface area contributed by atoms with E-state index in [1.54, 1.807) is 24.5 Å². The van der Waals surface area contributed by atoms with Gasteiger partial charge in [-0.2, -0.15) is 10.2 Å². The molecule has 0 bridgehead atoms. The molecule has 2 aromatic carbocycles. The van der Waals surface area contributed by atoms with Crippen LogP contribution in [0.1, 0.15) is 0 Å². The minimum absolute atomic E-state index is 0.273. The van der Waals surface area contributed by atoms with E-state index in [9.17, 15) is 4.79 Å². The van der Waals surface area contributed by atoms with Crippen molar-refractivity contribution in [2.45, 2.75) is 0 Å². The van der Waals surface area contributed by atoms with Crippen LogP contribution in [0, 0.1) is 0 Å². The second-order valence-electron chi connectivity index (χ2n) is 7.30. The third-order valence-electron chi connectivity index (χ3n) is 5.29. The Kier molecular flexibility index (Phi) is 4.12. The molecule has 0 aliphatic carbocycles. The molecule has 4 aromatic heterocycles. The molecule has 3 N–H and O–H groups in total. The van der Waals surface area contributed by atoms with Crippen LogP contribution >= 0.6 is 11.6 Å². The molecule has 0 radical (unpaired) electrons. The van der Waals surface area contributed by atoms with E-state index in [0.29, 0.717) is 38.8 Å². The molecule has 8 nitrogen and oxygen atoms in total. The number of nitrogens with one attached hydrogen (secondary N) is 3. The first-order chi connectivity index (χ1) is 15.7. The van der Waals surface area contributed by atoms with Crippen LogP contribution in [0.3, 0.4) is 0 Å². The molecule has 0 saturated carbocycles. The van der Waals surface area contributed by atoms with Crippen molar-refractivity contribution in [2.75, 3.05) is 0 Å². The maximum atomic E-state index is 12.7. The van der Waals surface area contributed by atoms with Gasteiger partial charge in [0, 0.05) is 22.7 Å². The van der Waals surface area contributed by atoms with Crippen molar-refractivity contribution in [3.05, 3.63) is 82.4 Å². The lowest BCUT2D eigenvalue weighted by Crippen LogP contribution is -2.11. The summed E-state index contributed by atoms with van der Waals surface area (Å²) in [5, 5.41) is 15.1. The van der Waals surface area contributed by atoms with Crippen LogP contribution in [0.2, 0.25) is 5.02 Å². The number of benzene rings is 2. The third-order valence-corrected chi connectivity index (χ3v) is 5.59. The average Bonchev–Trinajstić information content (AvgIpc) is 3.51. The molecule has 4 heterocycles. The summed E-state index contributed by atoms with van der Waals surface area (Å²) in [6.45, 7) is 0. The van der Waals surface area contributed by atoms with Gasteiger partial charge >= 0.3 is 0 Å². The van der Waals surface area contributed by atoms with Crippen LogP contribution in [0.15, 0.2) is 71.8 Å². The monoisotopic (exact) mass is 439 g/mol. The first-order valence-electron chi connectivity index (χ1n) is 9.80. The SMILES string of the molecule is O=c1[nH]c2nc(-c3ccccc3)c(-c3cc(Cl)c4[nH]ncc4c3)nc2cc1-c1ccn[nH]1. The molecule has 0 unspecified atom stereocenters. The fraction of sp³-hybridized carbons (Fsp3) is 0. The number of aromatic amines is 3. The first kappa shape index (κ1) is 18.5. The van der Waals surface area contributed by atoms with Gasteiger partial charge in [-0.05, 0) is 24.3 Å². The Balaban J connectivity index is 1.67. The van der Waals surface area contributed by atoms with E-state index in [-0.39, 0.29) is 5.56 Å². The summed E-state index contributed by atoms with van der Waals surface area (Å²) in [5.74, 6) is 0. The van der Waals surface area contributed by atoms with E-state index in [1.165, 1.54) is 0 Å². The molecule has 154 valence electrons. The lowest BCUT2D eigenvalue weighted by Gasteiger charge is -2.11. The Morgan fingerprint density at radius 3 is 2.50 bits per heavy atom. The molecule has 0 saturated heterocycles. The van der Waals surface area contributed by atoms with E-state index in [2.05, 4.69) is 25.4 Å². The molecule has 0 aliphatic heterocycles. The summed E-state index contributed by atoms with van der Waals surface area (Å²) in [5.41, 5.74) is 5.44. The van der Waals surface area contributed by atoms with Gasteiger partial charge in [0.1, 0.15) is 5.52 Å². The van der Waals surface area contributed by atoms with Gasteiger partial charge in [0.25, 0.3) is 5.56 Å². The van der Waals surface area contributed by atoms with Crippen LogP contribution in [-0.4, -0.2) is 35.3 Å². The second kappa shape index (κ2) is 7.14. The molecule has 0 spiro atoms. The number of rotatable bonds is 3. The van der Waals surface area contributed by atoms with Crippen molar-refractivity contribution < 1.29 is 0 Å². The number of halogens is 1. The standard InChI is InChI=1S/C23H14ClN7O/c24-16-9-13(8-14-11-26-31-19(14)16)21-20(12-4-2-1-3-5-12)28-22-18(27-21)10-15(23(32)29-22)17-6-7-25-30-17/h1-11H,(H,25,30)(H,26,31)(H,28,29,32). The minimum atomic E-state index is -0.273. The second-order valence-corrected chi connectivity index (χ2v) is 7.70. The zero-order valence-electron chi connectivity index (χ0n) is 16.4. The molecular weight excluding hydrogens is 426 g/mol. The molecule has 0 fully saturated rings. The van der Waals surface area contributed by atoms with Crippen LogP contribution in [0.5, 0.6) is 0 Å². The van der Waals surface area contributed by atoms with E-state index in [0.717, 1.165) is 22.0 Å². The quantitative estimate of drug-likeness (QED) is 0.373. The van der Waals surface area contributed by atoms with Gasteiger partial charge in [-0.3, -0.25) is 15.0 Å². The summed E-state index contributed by atoms with van der Waals surface area (Å²) in [6, 6.07) is 17.0. The van der Waals surface area contributed by atoms with Gasteiger partial charge in [0.15, 0.2) is 5.65 Å². The molecule has 0 atom stereocenters. The number of hydrogen-bond donors (Lipinski definition) is 3. The first-order valence-corrected chi connectivity index (χ1v) is 10.2. The molecule has 9 heteroatoms. The molecule has 0 amide bonds. The predicted octanol–water partition coefficient (Wildman–Crippen LogP) is 4.57. The smallest absolute Gasteiger partial charge is 0.259 e. The highest BCUT2D eigenvalue weighted by Gasteiger charge is 2.17. The van der Waals surface area contributed by atoms with Crippen LogP contribution in [0.25, 0.3) is 55.8 Å². The van der Waals surface area contributed by atoms with E-state index < -0.39 is 0 Å². The van der Waals surface area contributed by atoms with Crippen molar-refractivity contribution in [2.24, 2.45) is 0 Å². The number of hydrogen-bond acceptors (Lipinski definition) is 5. The van der Waals surface area contributed by atoms with Gasteiger partial charge in [-0.1, -0.05) is 41.9 Å². The topological polar surface area (TPSA) is 116 Å². The van der Waals surface area contributed by atoms with Crippen LogP contribution in [0.4, 0.5) is 0 Å². The van der Waals surface area contributed by atoms with Crippen molar-refractivity contribution in [1.82, 2.24) is 35.3 Å². The maximum absolute atomic E-state index is 12.7. The summed E-state index contributed by atoms with van der Waals surface area (Å²) >= 11 is 6.51. The van der Waals surface area contributed by atoms with Gasteiger partial charge in [0.2, 0.25) is 0 Å². The highest BCUT2D eigenvalue weighted by molar-refractivity contribution is 6.35. The van der Waals surface area contributed by atoms with E-state index in [4.69, 9.17) is 21.6 Å². The van der Waals surface area contributed by atoms with Gasteiger partial charge in [-0.15, -0.1) is 0 Å². The molecule has 6 rings (SSSR count). The highest BCUT2D eigenvalue weighted by atomic mass is 35.5. The Hall–Kier alpha value is -4.30.